The van der Waals surface area contributed by atoms with Crippen LogP contribution < -0.4 is 9.80 Å². The van der Waals surface area contributed by atoms with Crippen LogP contribution in [0.25, 0.3) is 43.8 Å². The van der Waals surface area contributed by atoms with Crippen molar-refractivity contribution in [1.82, 2.24) is 0 Å². The lowest BCUT2D eigenvalue weighted by atomic mass is 9.85. The largest absolute Gasteiger partial charge is 0.310 e. The predicted molar refractivity (Wildman–Crippen MR) is 278 cm³/mol. The summed E-state index contributed by atoms with van der Waals surface area (Å²) in [5.74, 6) is 0. The van der Waals surface area contributed by atoms with E-state index in [2.05, 4.69) is 259 Å². The summed E-state index contributed by atoms with van der Waals surface area (Å²) in [6.45, 7) is 18.1. The van der Waals surface area contributed by atoms with Gasteiger partial charge < -0.3 is 9.80 Å². The Hall–Kier alpha value is -6.90. The molecule has 64 heavy (non-hydrogen) atoms. The summed E-state index contributed by atoms with van der Waals surface area (Å²) >= 11 is 0. The summed E-state index contributed by atoms with van der Waals surface area (Å²) in [7, 11) is 0. The van der Waals surface area contributed by atoms with E-state index in [1.54, 1.807) is 0 Å². The normalized spacial score (nSPS) is 11.9. The number of benzene rings is 9. The van der Waals surface area contributed by atoms with Gasteiger partial charge in [-0.2, -0.15) is 0 Å². The van der Waals surface area contributed by atoms with E-state index in [0.29, 0.717) is 0 Å². The molecule has 0 saturated carbocycles. The van der Waals surface area contributed by atoms with E-state index < -0.39 is 0 Å². The molecule has 0 aliphatic rings. The predicted octanol–water partition coefficient (Wildman–Crippen LogP) is 18.0. The zero-order chi connectivity index (χ0) is 44.6. The Labute approximate surface area is 381 Å². The Bertz CT molecular complexity index is 2810. The summed E-state index contributed by atoms with van der Waals surface area (Å²) < 4.78 is 0. The van der Waals surface area contributed by atoms with Crippen LogP contribution in [0.1, 0.15) is 77.6 Å². The quantitative estimate of drug-likeness (QED) is 0.127. The molecule has 0 aromatic heterocycles. The van der Waals surface area contributed by atoms with Crippen molar-refractivity contribution in [3.8, 4) is 22.3 Å². The van der Waals surface area contributed by atoms with Crippen molar-refractivity contribution in [3.05, 3.63) is 216 Å². The van der Waals surface area contributed by atoms with Crippen LogP contribution in [-0.2, 0) is 23.7 Å². The first-order chi connectivity index (χ1) is 30.9. The van der Waals surface area contributed by atoms with Crippen molar-refractivity contribution in [1.29, 1.82) is 0 Å². The summed E-state index contributed by atoms with van der Waals surface area (Å²) in [5.41, 5.74) is 17.0. The van der Waals surface area contributed by atoms with Crippen LogP contribution in [0.4, 0.5) is 34.1 Å². The molecule has 0 radical (unpaired) electrons. The monoisotopic (exact) mass is 832 g/mol. The second-order valence-electron chi connectivity index (χ2n) is 19.2. The van der Waals surface area contributed by atoms with Gasteiger partial charge in [-0.1, -0.05) is 177 Å². The smallest absolute Gasteiger partial charge is 0.0468 e. The highest BCUT2D eigenvalue weighted by atomic mass is 15.1. The standard InChI is InChI=1S/C62H60N2/c1-9-43-21-29-49(30-22-43)63(51-33-25-47(26-34-51)61(3,4)5)53-37-39-55-57(41-53)59(45-17-13-11-14-18-45)56-40-38-54(42-58(56)60(55)46-19-15-12-16-20-46)64(50-31-23-44(10-2)24-32-50)52-35-27-48(28-36-52)62(6,7)8/h11-42H,9-10H2,1-8H3. The molecule has 9 aromatic rings. The third-order valence-corrected chi connectivity index (χ3v) is 12.9. The third-order valence-electron chi connectivity index (χ3n) is 12.9. The van der Waals surface area contributed by atoms with E-state index in [-0.39, 0.29) is 10.8 Å². The van der Waals surface area contributed by atoms with Crippen molar-refractivity contribution in [3.63, 3.8) is 0 Å². The van der Waals surface area contributed by atoms with Crippen molar-refractivity contribution < 1.29 is 0 Å². The lowest BCUT2D eigenvalue weighted by Crippen LogP contribution is -2.13. The molecule has 0 spiro atoms. The molecule has 9 aromatic carbocycles. The first-order valence-electron chi connectivity index (χ1n) is 23.0. The van der Waals surface area contributed by atoms with Gasteiger partial charge in [0, 0.05) is 34.1 Å². The molecule has 0 heterocycles. The minimum atomic E-state index is 0.0576. The molecule has 0 aliphatic carbocycles. The van der Waals surface area contributed by atoms with Gasteiger partial charge in [-0.15, -0.1) is 0 Å². The summed E-state index contributed by atoms with van der Waals surface area (Å²) in [5, 5.41) is 4.87. The molecule has 9 rings (SSSR count). The Balaban J connectivity index is 1.32. The molecule has 0 saturated heterocycles. The second kappa shape index (κ2) is 17.3. The molecule has 0 atom stereocenters. The maximum Gasteiger partial charge on any atom is 0.0468 e. The fourth-order valence-corrected chi connectivity index (χ4v) is 9.19. The zero-order valence-corrected chi connectivity index (χ0v) is 38.8. The average molecular weight is 833 g/mol. The molecule has 0 bridgehead atoms. The average Bonchev–Trinajstić information content (AvgIpc) is 3.31. The van der Waals surface area contributed by atoms with Crippen LogP contribution >= 0.6 is 0 Å². The van der Waals surface area contributed by atoms with Gasteiger partial charge in [-0.3, -0.25) is 0 Å². The molecular weight excluding hydrogens is 773 g/mol. The van der Waals surface area contributed by atoms with Gasteiger partial charge in [-0.25, -0.2) is 0 Å². The van der Waals surface area contributed by atoms with Gasteiger partial charge in [-0.05, 0) is 163 Å². The fourth-order valence-electron chi connectivity index (χ4n) is 9.19. The first kappa shape index (κ1) is 42.4. The molecule has 0 fully saturated rings. The van der Waals surface area contributed by atoms with E-state index in [9.17, 15) is 0 Å². The highest BCUT2D eigenvalue weighted by molar-refractivity contribution is 6.22. The van der Waals surface area contributed by atoms with Crippen LogP contribution in [0.5, 0.6) is 0 Å². The second-order valence-corrected chi connectivity index (χ2v) is 19.2. The molecule has 0 aliphatic heterocycles. The summed E-state index contributed by atoms with van der Waals surface area (Å²) in [6.07, 6.45) is 2.00. The van der Waals surface area contributed by atoms with E-state index in [4.69, 9.17) is 0 Å². The molecule has 2 heteroatoms. The first-order valence-corrected chi connectivity index (χ1v) is 23.0. The van der Waals surface area contributed by atoms with Crippen molar-refractivity contribution in [2.45, 2.75) is 79.1 Å². The van der Waals surface area contributed by atoms with Crippen molar-refractivity contribution >= 4 is 55.7 Å². The fraction of sp³-hybridized carbons (Fsp3) is 0.194. The highest BCUT2D eigenvalue weighted by Crippen LogP contribution is 2.48. The topological polar surface area (TPSA) is 6.48 Å². The number of rotatable bonds is 10. The van der Waals surface area contributed by atoms with E-state index in [1.807, 2.05) is 0 Å². The minimum Gasteiger partial charge on any atom is -0.310 e. The molecule has 0 amide bonds. The van der Waals surface area contributed by atoms with E-state index >= 15 is 0 Å². The van der Waals surface area contributed by atoms with Crippen LogP contribution in [0.3, 0.4) is 0 Å². The number of hydrogen-bond donors (Lipinski definition) is 0. The van der Waals surface area contributed by atoms with Crippen LogP contribution in [-0.4, -0.2) is 0 Å². The van der Waals surface area contributed by atoms with Gasteiger partial charge in [0.15, 0.2) is 0 Å². The lowest BCUT2D eigenvalue weighted by molar-refractivity contribution is 0.590. The van der Waals surface area contributed by atoms with Crippen LogP contribution in [0.2, 0.25) is 0 Å². The summed E-state index contributed by atoms with van der Waals surface area (Å²) in [4.78, 5) is 4.84. The van der Waals surface area contributed by atoms with Gasteiger partial charge >= 0.3 is 0 Å². The van der Waals surface area contributed by atoms with Gasteiger partial charge in [0.05, 0.1) is 0 Å². The van der Waals surface area contributed by atoms with Crippen molar-refractivity contribution in [2.24, 2.45) is 0 Å². The lowest BCUT2D eigenvalue weighted by Gasteiger charge is -2.29. The number of hydrogen-bond acceptors (Lipinski definition) is 2. The number of aryl methyl sites for hydroxylation is 2. The van der Waals surface area contributed by atoms with Crippen LogP contribution in [0, 0.1) is 0 Å². The third kappa shape index (κ3) is 8.33. The van der Waals surface area contributed by atoms with Gasteiger partial charge in [0.2, 0.25) is 0 Å². The maximum atomic E-state index is 2.43. The van der Waals surface area contributed by atoms with Gasteiger partial charge in [0.1, 0.15) is 0 Å². The minimum absolute atomic E-state index is 0.0576. The SMILES string of the molecule is CCc1ccc(N(c2ccc(C(C)(C)C)cc2)c2ccc3c(-c4ccccc4)c4cc(N(c5ccc(CC)cc5)c5ccc(C(C)(C)C)cc5)ccc4c(-c4ccccc4)c3c2)cc1. The van der Waals surface area contributed by atoms with E-state index in [0.717, 1.165) is 47.0 Å². The number of anilines is 6. The van der Waals surface area contributed by atoms with Crippen LogP contribution in [0.15, 0.2) is 194 Å². The van der Waals surface area contributed by atoms with E-state index in [1.165, 1.54) is 66.1 Å². The Morgan fingerprint density at radius 2 is 0.609 bits per heavy atom. The highest BCUT2D eigenvalue weighted by Gasteiger charge is 2.23. The molecule has 318 valence electrons. The molecule has 0 N–H and O–H groups in total. The summed E-state index contributed by atoms with van der Waals surface area (Å²) in [6, 6.07) is 72.6. The Morgan fingerprint density at radius 1 is 0.312 bits per heavy atom. The van der Waals surface area contributed by atoms with Crippen molar-refractivity contribution in [2.75, 3.05) is 9.80 Å². The molecular formula is C62H60N2. The Kier molecular flexibility index (Phi) is 11.5. The Morgan fingerprint density at radius 3 is 0.906 bits per heavy atom. The molecule has 0 unspecified atom stereocenters. The van der Waals surface area contributed by atoms with Gasteiger partial charge in [0.25, 0.3) is 0 Å². The number of nitrogens with zero attached hydrogens (tertiary/aromatic N) is 2. The zero-order valence-electron chi connectivity index (χ0n) is 38.8. The molecule has 2 nitrogen and oxygen atoms in total. The number of fused-ring (bicyclic) bond motifs is 2. The maximum absolute atomic E-state index is 2.43.